The van der Waals surface area contributed by atoms with E-state index in [1.54, 1.807) is 24.3 Å². The number of unbranched alkanes of at least 4 members (excludes halogenated alkanes) is 8. The minimum Gasteiger partial charge on any atom is -0.293 e. The first-order valence-electron chi connectivity index (χ1n) is 15.7. The molecule has 0 saturated carbocycles. The van der Waals surface area contributed by atoms with E-state index in [1.807, 2.05) is 48.5 Å². The third kappa shape index (κ3) is 4.91. The Labute approximate surface area is 247 Å². The van der Waals surface area contributed by atoms with Crippen molar-refractivity contribution in [2.24, 2.45) is 17.8 Å². The van der Waals surface area contributed by atoms with Gasteiger partial charge in [0.1, 0.15) is 0 Å². The predicted molar refractivity (Wildman–Crippen MR) is 168 cm³/mol. The molecule has 214 valence electrons. The number of Topliss-reactive ketones (excluding diaryl/α,β-unsaturated/α-hetero) is 4. The Morgan fingerprint density at radius 3 is 1.17 bits per heavy atom. The summed E-state index contributed by atoms with van der Waals surface area (Å²) < 4.78 is 0. The number of benzene rings is 4. The molecule has 2 aliphatic carbocycles. The molecule has 0 N–H and O–H groups in total. The summed E-state index contributed by atoms with van der Waals surface area (Å²) in [4.78, 5) is 56.7. The van der Waals surface area contributed by atoms with Gasteiger partial charge in [-0.25, -0.2) is 0 Å². The van der Waals surface area contributed by atoms with E-state index in [0.29, 0.717) is 39.4 Å². The van der Waals surface area contributed by atoms with Crippen LogP contribution in [0, 0.1) is 17.8 Å². The van der Waals surface area contributed by atoms with E-state index in [1.165, 1.54) is 32.1 Å². The SMILES string of the molecule is CCCCCCCCCCCC(C1C(=O)c2cccc3cccc(c23)C1=O)C1C(=O)c2cccc3cccc(c23)C1=O. The van der Waals surface area contributed by atoms with Crippen LogP contribution in [0.5, 0.6) is 0 Å². The van der Waals surface area contributed by atoms with Crippen molar-refractivity contribution in [3.63, 3.8) is 0 Å². The van der Waals surface area contributed by atoms with Crippen LogP contribution in [-0.2, 0) is 0 Å². The van der Waals surface area contributed by atoms with Crippen LogP contribution in [0.4, 0.5) is 0 Å². The summed E-state index contributed by atoms with van der Waals surface area (Å²) in [6.45, 7) is 2.22. The van der Waals surface area contributed by atoms with Gasteiger partial charge in [0.25, 0.3) is 0 Å². The van der Waals surface area contributed by atoms with Crippen molar-refractivity contribution in [3.05, 3.63) is 95.1 Å². The number of carbonyl (C=O) groups excluding carboxylic acids is 4. The normalized spacial score (nSPS) is 15.5. The minimum absolute atomic E-state index is 0.261. The van der Waals surface area contributed by atoms with Crippen LogP contribution in [0.25, 0.3) is 21.5 Å². The van der Waals surface area contributed by atoms with Gasteiger partial charge >= 0.3 is 0 Å². The van der Waals surface area contributed by atoms with E-state index in [4.69, 9.17) is 0 Å². The monoisotopic (exact) mass is 558 g/mol. The summed E-state index contributed by atoms with van der Waals surface area (Å²) in [6.07, 6.45) is 10.7. The topological polar surface area (TPSA) is 68.3 Å². The molecule has 0 fully saturated rings. The van der Waals surface area contributed by atoms with Gasteiger partial charge in [0.05, 0.1) is 11.8 Å². The molecule has 6 rings (SSSR count). The lowest BCUT2D eigenvalue weighted by molar-refractivity contribution is 0.0609. The summed E-state index contributed by atoms with van der Waals surface area (Å²) in [7, 11) is 0. The van der Waals surface area contributed by atoms with Crippen molar-refractivity contribution in [1.82, 2.24) is 0 Å². The highest BCUT2D eigenvalue weighted by Crippen LogP contribution is 2.44. The molecule has 0 bridgehead atoms. The van der Waals surface area contributed by atoms with Crippen molar-refractivity contribution in [1.29, 1.82) is 0 Å². The van der Waals surface area contributed by atoms with Gasteiger partial charge in [-0.05, 0) is 23.1 Å². The molecular weight excluding hydrogens is 520 g/mol. The summed E-state index contributed by atoms with van der Waals surface area (Å²) in [5.41, 5.74) is 2.07. The summed E-state index contributed by atoms with van der Waals surface area (Å²) in [6, 6.07) is 22.1. The summed E-state index contributed by atoms with van der Waals surface area (Å²) >= 11 is 0. The largest absolute Gasteiger partial charge is 0.293 e. The van der Waals surface area contributed by atoms with Crippen molar-refractivity contribution in [3.8, 4) is 0 Å². The molecule has 0 aliphatic heterocycles. The fourth-order valence-electron chi connectivity index (χ4n) is 7.41. The molecule has 0 radical (unpaired) electrons. The molecule has 0 heterocycles. The van der Waals surface area contributed by atoms with Gasteiger partial charge in [-0.1, -0.05) is 138 Å². The second-order valence-corrected chi connectivity index (χ2v) is 12.1. The zero-order valence-electron chi connectivity index (χ0n) is 24.4. The van der Waals surface area contributed by atoms with Gasteiger partial charge < -0.3 is 0 Å². The van der Waals surface area contributed by atoms with Gasteiger partial charge in [0, 0.05) is 33.0 Å². The Hall–Kier alpha value is -3.92. The van der Waals surface area contributed by atoms with Crippen molar-refractivity contribution in [2.75, 3.05) is 0 Å². The fourth-order valence-corrected chi connectivity index (χ4v) is 7.41. The van der Waals surface area contributed by atoms with E-state index in [-0.39, 0.29) is 23.1 Å². The molecule has 0 spiro atoms. The Bertz CT molecular complexity index is 1480. The quantitative estimate of drug-likeness (QED) is 0.128. The van der Waals surface area contributed by atoms with Crippen molar-refractivity contribution >= 4 is 44.7 Å². The van der Waals surface area contributed by atoms with Gasteiger partial charge in [-0.15, -0.1) is 0 Å². The smallest absolute Gasteiger partial charge is 0.174 e. The fraction of sp³-hybridized carbons (Fsp3) is 0.368. The Balaban J connectivity index is 1.33. The van der Waals surface area contributed by atoms with E-state index >= 15 is 0 Å². The molecule has 0 atom stereocenters. The van der Waals surface area contributed by atoms with Gasteiger partial charge in [0.15, 0.2) is 23.1 Å². The van der Waals surface area contributed by atoms with Crippen LogP contribution in [0.2, 0.25) is 0 Å². The molecule has 0 amide bonds. The Morgan fingerprint density at radius 2 is 0.810 bits per heavy atom. The summed E-state index contributed by atoms with van der Waals surface area (Å²) in [5, 5.41) is 3.08. The van der Waals surface area contributed by atoms with Crippen LogP contribution in [0.3, 0.4) is 0 Å². The predicted octanol–water partition coefficient (Wildman–Crippen LogP) is 9.22. The van der Waals surface area contributed by atoms with Crippen molar-refractivity contribution in [2.45, 2.75) is 71.1 Å². The average Bonchev–Trinajstić information content (AvgIpc) is 3.01. The van der Waals surface area contributed by atoms with Gasteiger partial charge in [0.2, 0.25) is 0 Å². The first-order valence-corrected chi connectivity index (χ1v) is 15.7. The highest BCUT2D eigenvalue weighted by molar-refractivity contribution is 6.32. The zero-order valence-corrected chi connectivity index (χ0v) is 24.4. The molecule has 4 heteroatoms. The first kappa shape index (κ1) is 28.2. The maximum absolute atomic E-state index is 14.2. The maximum Gasteiger partial charge on any atom is 0.174 e. The van der Waals surface area contributed by atoms with Gasteiger partial charge in [-0.3, -0.25) is 19.2 Å². The first-order chi connectivity index (χ1) is 20.5. The Kier molecular flexibility index (Phi) is 8.15. The van der Waals surface area contributed by atoms with Crippen LogP contribution < -0.4 is 0 Å². The second-order valence-electron chi connectivity index (χ2n) is 12.1. The van der Waals surface area contributed by atoms with Crippen molar-refractivity contribution < 1.29 is 19.2 Å². The Morgan fingerprint density at radius 1 is 0.476 bits per heavy atom. The third-order valence-corrected chi connectivity index (χ3v) is 9.50. The number of rotatable bonds is 12. The number of ketones is 4. The molecule has 42 heavy (non-hydrogen) atoms. The van der Waals surface area contributed by atoms with Crippen LogP contribution >= 0.6 is 0 Å². The van der Waals surface area contributed by atoms with E-state index in [2.05, 4.69) is 6.92 Å². The number of hydrogen-bond donors (Lipinski definition) is 0. The van der Waals surface area contributed by atoms with Crippen LogP contribution in [0.1, 0.15) is 113 Å². The lowest BCUT2D eigenvalue weighted by atomic mass is 9.64. The number of carbonyl (C=O) groups is 4. The van der Waals surface area contributed by atoms with Gasteiger partial charge in [-0.2, -0.15) is 0 Å². The average molecular weight is 559 g/mol. The lowest BCUT2D eigenvalue weighted by Gasteiger charge is -2.35. The molecule has 4 aromatic carbocycles. The molecule has 4 aromatic rings. The molecule has 4 nitrogen and oxygen atoms in total. The van der Waals surface area contributed by atoms with Crippen LogP contribution in [-0.4, -0.2) is 23.1 Å². The zero-order chi connectivity index (χ0) is 29.2. The molecule has 0 aromatic heterocycles. The molecule has 0 saturated heterocycles. The standard InChI is InChI=1S/C38H38O4/c1-2-3-4-5-6-7-8-9-10-19-26(33-35(39)27-20-11-15-24-16-12-21-28(31(24)27)36(33)40)34-37(41)29-22-13-17-25-18-14-23-30(32(25)29)38(34)42/h11-18,20-23,26,33-34H,2-10,19H2,1H3. The van der Waals surface area contributed by atoms with E-state index in [9.17, 15) is 19.2 Å². The molecular formula is C38H38O4. The lowest BCUT2D eigenvalue weighted by Crippen LogP contribution is -2.45. The molecule has 0 unspecified atom stereocenters. The molecule has 2 aliphatic rings. The minimum atomic E-state index is -1.05. The second kappa shape index (κ2) is 12.1. The summed E-state index contributed by atoms with van der Waals surface area (Å²) in [5.74, 6) is -3.85. The highest BCUT2D eigenvalue weighted by atomic mass is 16.2. The van der Waals surface area contributed by atoms with Crippen LogP contribution in [0.15, 0.2) is 72.8 Å². The number of hydrogen-bond acceptors (Lipinski definition) is 4. The third-order valence-electron chi connectivity index (χ3n) is 9.50. The highest BCUT2D eigenvalue weighted by Gasteiger charge is 2.49. The maximum atomic E-state index is 14.2. The van der Waals surface area contributed by atoms with E-state index in [0.717, 1.165) is 36.5 Å². The van der Waals surface area contributed by atoms with E-state index < -0.39 is 17.8 Å².